The minimum absolute atomic E-state index is 0.124. The third-order valence-electron chi connectivity index (χ3n) is 3.43. The van der Waals surface area contributed by atoms with Crippen LogP contribution in [-0.4, -0.2) is 9.55 Å². The van der Waals surface area contributed by atoms with Crippen LogP contribution in [0.4, 0.5) is 5.69 Å². The predicted molar refractivity (Wildman–Crippen MR) is 87.4 cm³/mol. The van der Waals surface area contributed by atoms with Crippen LogP contribution in [-0.2, 0) is 0 Å². The van der Waals surface area contributed by atoms with Gasteiger partial charge in [0.1, 0.15) is 0 Å². The summed E-state index contributed by atoms with van der Waals surface area (Å²) < 4.78 is 1.58. The van der Waals surface area contributed by atoms with E-state index in [2.05, 4.69) is 34.7 Å². The number of rotatable bonds is 5. The molecule has 0 radical (unpaired) electrons. The molecule has 108 valence electrons. The first-order valence-corrected chi connectivity index (χ1v) is 7.82. The van der Waals surface area contributed by atoms with Crippen molar-refractivity contribution in [3.05, 3.63) is 69.5 Å². The van der Waals surface area contributed by atoms with Crippen LogP contribution in [0.25, 0.3) is 5.69 Å². The van der Waals surface area contributed by atoms with Crippen LogP contribution in [0.3, 0.4) is 0 Å². The molecule has 2 N–H and O–H groups in total. The fraction of sp³-hybridized carbons (Fsp3) is 0.188. The Hall–Kier alpha value is -2.27. The topological polar surface area (TPSA) is 49.8 Å². The highest BCUT2D eigenvalue weighted by Gasteiger charge is 2.10. The zero-order chi connectivity index (χ0) is 14.7. The van der Waals surface area contributed by atoms with E-state index in [0.717, 1.165) is 17.8 Å². The van der Waals surface area contributed by atoms with Gasteiger partial charge in [0.15, 0.2) is 0 Å². The highest BCUT2D eigenvalue weighted by molar-refractivity contribution is 7.10. The van der Waals surface area contributed by atoms with Gasteiger partial charge in [-0.3, -0.25) is 4.57 Å². The summed E-state index contributed by atoms with van der Waals surface area (Å²) in [6, 6.07) is 12.4. The smallest absolute Gasteiger partial charge is 0.330 e. The van der Waals surface area contributed by atoms with E-state index in [1.165, 1.54) is 4.88 Å². The van der Waals surface area contributed by atoms with E-state index in [4.69, 9.17) is 0 Å². The summed E-state index contributed by atoms with van der Waals surface area (Å²) in [4.78, 5) is 15.5. The number of hydrogen-bond acceptors (Lipinski definition) is 3. The third-order valence-corrected chi connectivity index (χ3v) is 4.42. The highest BCUT2D eigenvalue weighted by Crippen LogP contribution is 2.26. The van der Waals surface area contributed by atoms with Crippen LogP contribution >= 0.6 is 11.3 Å². The fourth-order valence-corrected chi connectivity index (χ4v) is 3.17. The standard InChI is InChI=1S/C16H17N3OS/c1-2-14(15-4-3-11-21-15)18-12-5-7-13(8-6-12)19-10-9-17-16(19)20/h3-11,14,18H,2H2,1H3,(H,17,20). The summed E-state index contributed by atoms with van der Waals surface area (Å²) in [7, 11) is 0. The van der Waals surface area contributed by atoms with Gasteiger partial charge >= 0.3 is 5.69 Å². The summed E-state index contributed by atoms with van der Waals surface area (Å²) in [5.74, 6) is 0. The largest absolute Gasteiger partial charge is 0.377 e. The summed E-state index contributed by atoms with van der Waals surface area (Å²) in [5, 5.41) is 5.63. The average molecular weight is 299 g/mol. The number of hydrogen-bond donors (Lipinski definition) is 2. The number of aromatic amines is 1. The molecule has 1 aromatic carbocycles. The second kappa shape index (κ2) is 6.01. The Kier molecular flexibility index (Phi) is 3.92. The normalized spacial score (nSPS) is 12.2. The van der Waals surface area contributed by atoms with Crippen molar-refractivity contribution in [2.45, 2.75) is 19.4 Å². The Morgan fingerprint density at radius 1 is 1.29 bits per heavy atom. The number of H-pyrrole nitrogens is 1. The Morgan fingerprint density at radius 3 is 2.67 bits per heavy atom. The number of nitrogens with one attached hydrogen (secondary N) is 2. The minimum Gasteiger partial charge on any atom is -0.377 e. The maximum absolute atomic E-state index is 11.6. The molecule has 21 heavy (non-hydrogen) atoms. The molecule has 3 rings (SSSR count). The van der Waals surface area contributed by atoms with Crippen molar-refractivity contribution in [1.29, 1.82) is 0 Å². The maximum Gasteiger partial charge on any atom is 0.330 e. The molecule has 2 aromatic heterocycles. The van der Waals surface area contributed by atoms with Gasteiger partial charge in [0.05, 0.1) is 11.7 Å². The van der Waals surface area contributed by atoms with Gasteiger partial charge in [0, 0.05) is 23.0 Å². The van der Waals surface area contributed by atoms with Crippen molar-refractivity contribution in [2.24, 2.45) is 0 Å². The van der Waals surface area contributed by atoms with Gasteiger partial charge in [-0.15, -0.1) is 11.3 Å². The molecule has 0 saturated heterocycles. The summed E-state index contributed by atoms with van der Waals surface area (Å²) in [6.07, 6.45) is 4.39. The lowest BCUT2D eigenvalue weighted by molar-refractivity contribution is 0.764. The number of imidazole rings is 1. The maximum atomic E-state index is 11.6. The molecule has 3 aromatic rings. The van der Waals surface area contributed by atoms with Gasteiger partial charge in [-0.1, -0.05) is 13.0 Å². The lowest BCUT2D eigenvalue weighted by atomic mass is 10.1. The number of aromatic nitrogens is 2. The van der Waals surface area contributed by atoms with Gasteiger partial charge in [-0.25, -0.2) is 4.79 Å². The number of anilines is 1. The Bertz CT molecular complexity index is 740. The second-order valence-corrected chi connectivity index (χ2v) is 5.78. The van der Waals surface area contributed by atoms with Crippen molar-refractivity contribution in [3.63, 3.8) is 0 Å². The molecule has 0 bridgehead atoms. The van der Waals surface area contributed by atoms with Gasteiger partial charge in [-0.05, 0) is 42.1 Å². The molecule has 1 atom stereocenters. The van der Waals surface area contributed by atoms with Crippen molar-refractivity contribution >= 4 is 17.0 Å². The zero-order valence-electron chi connectivity index (χ0n) is 11.7. The van der Waals surface area contributed by atoms with Crippen molar-refractivity contribution in [3.8, 4) is 5.69 Å². The monoisotopic (exact) mass is 299 g/mol. The summed E-state index contributed by atoms with van der Waals surface area (Å²) in [6.45, 7) is 2.17. The SMILES string of the molecule is CCC(Nc1ccc(-n2cc[nH]c2=O)cc1)c1cccs1. The lowest BCUT2D eigenvalue weighted by Crippen LogP contribution is -2.14. The molecule has 5 heteroatoms. The predicted octanol–water partition coefficient (Wildman–Crippen LogP) is 3.79. The molecule has 0 aliphatic heterocycles. The van der Waals surface area contributed by atoms with Crippen molar-refractivity contribution in [1.82, 2.24) is 9.55 Å². The molecule has 0 amide bonds. The first kappa shape index (κ1) is 13.7. The van der Waals surface area contributed by atoms with Crippen LogP contribution in [0.5, 0.6) is 0 Å². The molecule has 0 spiro atoms. The quantitative estimate of drug-likeness (QED) is 0.753. The first-order valence-electron chi connectivity index (χ1n) is 6.94. The number of thiophene rings is 1. The van der Waals surface area contributed by atoms with E-state index in [1.807, 2.05) is 24.3 Å². The van der Waals surface area contributed by atoms with E-state index in [-0.39, 0.29) is 5.69 Å². The molecule has 1 unspecified atom stereocenters. The second-order valence-electron chi connectivity index (χ2n) is 4.80. The Morgan fingerprint density at radius 2 is 2.10 bits per heavy atom. The van der Waals surface area contributed by atoms with Crippen LogP contribution in [0, 0.1) is 0 Å². The molecule has 0 fully saturated rings. The van der Waals surface area contributed by atoms with Gasteiger partial charge < -0.3 is 10.3 Å². The zero-order valence-corrected chi connectivity index (χ0v) is 12.6. The molecular formula is C16H17N3OS. The molecular weight excluding hydrogens is 282 g/mol. The third kappa shape index (κ3) is 2.92. The van der Waals surface area contributed by atoms with Crippen LogP contribution in [0.15, 0.2) is 59.0 Å². The highest BCUT2D eigenvalue weighted by atomic mass is 32.1. The first-order chi connectivity index (χ1) is 10.3. The van der Waals surface area contributed by atoms with E-state index >= 15 is 0 Å². The molecule has 0 aliphatic rings. The van der Waals surface area contributed by atoms with Gasteiger partial charge in [-0.2, -0.15) is 0 Å². The Labute approximate surface area is 127 Å². The lowest BCUT2D eigenvalue weighted by Gasteiger charge is -2.17. The molecule has 0 aliphatic carbocycles. The molecule has 4 nitrogen and oxygen atoms in total. The number of nitrogens with zero attached hydrogens (tertiary/aromatic N) is 1. The van der Waals surface area contributed by atoms with E-state index in [9.17, 15) is 4.79 Å². The number of benzene rings is 1. The van der Waals surface area contributed by atoms with Crippen LogP contribution < -0.4 is 11.0 Å². The molecule has 2 heterocycles. The van der Waals surface area contributed by atoms with E-state index < -0.39 is 0 Å². The molecule has 0 saturated carbocycles. The van der Waals surface area contributed by atoms with Gasteiger partial charge in [0.25, 0.3) is 0 Å². The minimum atomic E-state index is -0.124. The Balaban J connectivity index is 1.78. The fourth-order valence-electron chi connectivity index (χ4n) is 2.31. The average Bonchev–Trinajstić information content (AvgIpc) is 3.17. The summed E-state index contributed by atoms with van der Waals surface area (Å²) in [5.41, 5.74) is 1.79. The van der Waals surface area contributed by atoms with Crippen molar-refractivity contribution < 1.29 is 0 Å². The summed E-state index contributed by atoms with van der Waals surface area (Å²) >= 11 is 1.77. The van der Waals surface area contributed by atoms with E-state index in [0.29, 0.717) is 6.04 Å². The van der Waals surface area contributed by atoms with E-state index in [1.54, 1.807) is 28.3 Å². The van der Waals surface area contributed by atoms with Crippen molar-refractivity contribution in [2.75, 3.05) is 5.32 Å². The van der Waals surface area contributed by atoms with Gasteiger partial charge in [0.2, 0.25) is 0 Å². The van der Waals surface area contributed by atoms with Crippen LogP contribution in [0.1, 0.15) is 24.3 Å². The van der Waals surface area contributed by atoms with Crippen LogP contribution in [0.2, 0.25) is 0 Å².